The summed E-state index contributed by atoms with van der Waals surface area (Å²) in [6.45, 7) is 0.794. The molecule has 0 saturated heterocycles. The van der Waals surface area contributed by atoms with Crippen molar-refractivity contribution in [1.82, 2.24) is 10.2 Å². The Bertz CT molecular complexity index is 952. The van der Waals surface area contributed by atoms with Gasteiger partial charge in [0, 0.05) is 19.6 Å². The van der Waals surface area contributed by atoms with E-state index in [1.54, 1.807) is 43.3 Å². The Morgan fingerprint density at radius 1 is 1.03 bits per heavy atom. The number of nitrogens with one attached hydrogen (secondary N) is 1. The quantitative estimate of drug-likeness (QED) is 0.364. The van der Waals surface area contributed by atoms with E-state index < -0.39 is 30.8 Å². The van der Waals surface area contributed by atoms with Gasteiger partial charge in [-0.1, -0.05) is 24.3 Å². The first kappa shape index (κ1) is 28.9. The second kappa shape index (κ2) is 14.3. The smallest absolute Gasteiger partial charge is 0.405 e. The predicted molar refractivity (Wildman–Crippen MR) is 124 cm³/mol. The highest BCUT2D eigenvalue weighted by molar-refractivity contribution is 5.74. The van der Waals surface area contributed by atoms with Crippen LogP contribution in [0.4, 0.5) is 22.4 Å². The summed E-state index contributed by atoms with van der Waals surface area (Å²) in [4.78, 5) is 24.8. The number of halogens is 4. The van der Waals surface area contributed by atoms with Gasteiger partial charge in [0.05, 0.1) is 6.54 Å². The molecule has 2 aromatic rings. The third-order valence-corrected chi connectivity index (χ3v) is 5.15. The SMILES string of the molecule is CCOC(Cc1ccc(OCCN(CCCc2ccc(F)cc2)C(=O)NCC(F)(F)F)cc1)C(=O)O. The molecule has 0 aliphatic heterocycles. The van der Waals surface area contributed by atoms with Crippen LogP contribution in [-0.2, 0) is 22.4 Å². The fraction of sp³-hybridized carbons (Fsp3) is 0.440. The van der Waals surface area contributed by atoms with Crippen molar-refractivity contribution < 1.29 is 41.7 Å². The fourth-order valence-corrected chi connectivity index (χ4v) is 3.36. The second-order valence-electron chi connectivity index (χ2n) is 7.97. The van der Waals surface area contributed by atoms with Gasteiger partial charge in [-0.05, 0) is 55.2 Å². The van der Waals surface area contributed by atoms with Crippen LogP contribution in [0.1, 0.15) is 24.5 Å². The molecule has 0 aromatic heterocycles. The van der Waals surface area contributed by atoms with E-state index in [9.17, 15) is 32.3 Å². The zero-order valence-electron chi connectivity index (χ0n) is 19.9. The van der Waals surface area contributed by atoms with Crippen molar-refractivity contribution >= 4 is 12.0 Å². The normalized spacial score (nSPS) is 12.1. The van der Waals surface area contributed by atoms with Crippen LogP contribution < -0.4 is 10.1 Å². The number of aryl methyl sites for hydroxylation is 1. The Hall–Kier alpha value is -3.34. The maximum Gasteiger partial charge on any atom is 0.405 e. The van der Waals surface area contributed by atoms with Crippen LogP contribution in [0.25, 0.3) is 0 Å². The highest BCUT2D eigenvalue weighted by Gasteiger charge is 2.28. The van der Waals surface area contributed by atoms with Crippen molar-refractivity contribution in [2.24, 2.45) is 0 Å². The molecule has 11 heteroatoms. The lowest BCUT2D eigenvalue weighted by molar-refractivity contribution is -0.150. The number of nitrogens with zero attached hydrogens (tertiary/aromatic N) is 1. The van der Waals surface area contributed by atoms with Crippen molar-refractivity contribution in [1.29, 1.82) is 0 Å². The van der Waals surface area contributed by atoms with Crippen molar-refractivity contribution in [2.45, 2.75) is 38.5 Å². The number of carbonyl (C=O) groups excluding carboxylic acids is 1. The average molecular weight is 515 g/mol. The van der Waals surface area contributed by atoms with E-state index in [4.69, 9.17) is 9.47 Å². The fourth-order valence-electron chi connectivity index (χ4n) is 3.36. The first-order chi connectivity index (χ1) is 17.1. The van der Waals surface area contributed by atoms with E-state index in [1.165, 1.54) is 17.0 Å². The van der Waals surface area contributed by atoms with Gasteiger partial charge in [-0.3, -0.25) is 0 Å². The zero-order chi connectivity index (χ0) is 26.6. The molecule has 7 nitrogen and oxygen atoms in total. The van der Waals surface area contributed by atoms with Crippen LogP contribution in [0.5, 0.6) is 5.75 Å². The lowest BCUT2D eigenvalue weighted by Crippen LogP contribution is -2.45. The van der Waals surface area contributed by atoms with E-state index in [2.05, 4.69) is 0 Å². The number of aliphatic carboxylic acids is 1. The zero-order valence-corrected chi connectivity index (χ0v) is 19.9. The Labute approximate surface area is 207 Å². The van der Waals surface area contributed by atoms with Gasteiger partial charge < -0.3 is 24.8 Å². The van der Waals surface area contributed by atoms with E-state index in [0.717, 1.165) is 11.1 Å². The van der Waals surface area contributed by atoms with Crippen molar-refractivity contribution in [2.75, 3.05) is 32.8 Å². The molecule has 1 unspecified atom stereocenters. The summed E-state index contributed by atoms with van der Waals surface area (Å²) in [5, 5.41) is 11.1. The summed E-state index contributed by atoms with van der Waals surface area (Å²) < 4.78 is 61.5. The summed E-state index contributed by atoms with van der Waals surface area (Å²) in [5.41, 5.74) is 1.58. The summed E-state index contributed by atoms with van der Waals surface area (Å²) in [5.74, 6) is -0.961. The molecule has 0 saturated carbocycles. The molecule has 0 aliphatic rings. The Morgan fingerprint density at radius 2 is 1.67 bits per heavy atom. The van der Waals surface area contributed by atoms with Gasteiger partial charge in [-0.2, -0.15) is 13.2 Å². The number of ether oxygens (including phenoxy) is 2. The minimum absolute atomic E-state index is 0.0338. The summed E-state index contributed by atoms with van der Waals surface area (Å²) in [6, 6.07) is 11.7. The molecule has 0 aliphatic carbocycles. The molecule has 0 fully saturated rings. The lowest BCUT2D eigenvalue weighted by Gasteiger charge is -2.23. The van der Waals surface area contributed by atoms with Gasteiger partial charge in [0.25, 0.3) is 0 Å². The number of benzene rings is 2. The number of amides is 2. The van der Waals surface area contributed by atoms with Gasteiger partial charge in [0.15, 0.2) is 6.10 Å². The van der Waals surface area contributed by atoms with Crippen LogP contribution in [0.2, 0.25) is 0 Å². The number of carboxylic acid groups (broad SMARTS) is 1. The van der Waals surface area contributed by atoms with Crippen LogP contribution >= 0.6 is 0 Å². The van der Waals surface area contributed by atoms with Gasteiger partial charge in [0.1, 0.15) is 24.7 Å². The lowest BCUT2D eigenvalue weighted by atomic mass is 10.1. The molecule has 0 heterocycles. The first-order valence-electron chi connectivity index (χ1n) is 11.5. The van der Waals surface area contributed by atoms with Crippen molar-refractivity contribution in [3.63, 3.8) is 0 Å². The molecule has 2 rings (SSSR count). The molecule has 0 radical (unpaired) electrons. The topological polar surface area (TPSA) is 88.1 Å². The van der Waals surface area contributed by atoms with Gasteiger partial charge >= 0.3 is 18.2 Å². The Balaban J connectivity index is 1.89. The number of hydrogen-bond acceptors (Lipinski definition) is 4. The van der Waals surface area contributed by atoms with Crippen molar-refractivity contribution in [3.05, 3.63) is 65.5 Å². The van der Waals surface area contributed by atoms with Crippen molar-refractivity contribution in [3.8, 4) is 5.75 Å². The first-order valence-corrected chi connectivity index (χ1v) is 11.5. The molecule has 2 N–H and O–H groups in total. The number of urea groups is 1. The number of carbonyl (C=O) groups is 2. The number of hydrogen-bond donors (Lipinski definition) is 2. The molecular formula is C25H30F4N2O5. The van der Waals surface area contributed by atoms with Gasteiger partial charge in [-0.25, -0.2) is 14.0 Å². The van der Waals surface area contributed by atoms with E-state index >= 15 is 0 Å². The molecular weight excluding hydrogens is 484 g/mol. The predicted octanol–water partition coefficient (Wildman–Crippen LogP) is 4.44. The Kier molecular flexibility index (Phi) is 11.5. The second-order valence-corrected chi connectivity index (χ2v) is 7.97. The minimum atomic E-state index is -4.53. The highest BCUT2D eigenvalue weighted by Crippen LogP contribution is 2.16. The molecule has 0 spiro atoms. The van der Waals surface area contributed by atoms with E-state index in [-0.39, 0.29) is 38.5 Å². The maximum absolute atomic E-state index is 13.0. The average Bonchev–Trinajstić information content (AvgIpc) is 2.83. The summed E-state index contributed by atoms with van der Waals surface area (Å²) in [6.07, 6.45) is -4.32. The summed E-state index contributed by atoms with van der Waals surface area (Å²) >= 11 is 0. The highest BCUT2D eigenvalue weighted by atomic mass is 19.4. The van der Waals surface area contributed by atoms with E-state index in [0.29, 0.717) is 18.6 Å². The third kappa shape index (κ3) is 10.9. The standard InChI is InChI=1S/C25H30F4N2O5/c1-2-35-22(23(32)33)16-19-7-11-21(12-8-19)36-15-14-31(24(34)30-17-25(27,28)29)13-3-4-18-5-9-20(26)10-6-18/h5-12,22H,2-4,13-17H2,1H3,(H,30,34)(H,32,33). The van der Waals surface area contributed by atoms with Crippen LogP contribution in [0.3, 0.4) is 0 Å². The molecule has 2 amide bonds. The monoisotopic (exact) mass is 514 g/mol. The van der Waals surface area contributed by atoms with E-state index in [1.807, 2.05) is 5.32 Å². The molecule has 0 bridgehead atoms. The maximum atomic E-state index is 13.0. The summed E-state index contributed by atoms with van der Waals surface area (Å²) in [7, 11) is 0. The molecule has 198 valence electrons. The molecule has 1 atom stereocenters. The Morgan fingerprint density at radius 3 is 2.25 bits per heavy atom. The number of alkyl halides is 3. The van der Waals surface area contributed by atoms with Crippen LogP contribution in [-0.4, -0.2) is 67.1 Å². The molecule has 2 aromatic carbocycles. The van der Waals surface area contributed by atoms with Crippen LogP contribution in [0.15, 0.2) is 48.5 Å². The number of carboxylic acids is 1. The van der Waals surface area contributed by atoms with Gasteiger partial charge in [0.2, 0.25) is 0 Å². The third-order valence-electron chi connectivity index (χ3n) is 5.15. The minimum Gasteiger partial charge on any atom is -0.492 e. The van der Waals surface area contributed by atoms with Crippen LogP contribution in [0, 0.1) is 5.82 Å². The molecule has 36 heavy (non-hydrogen) atoms. The van der Waals surface area contributed by atoms with Gasteiger partial charge in [-0.15, -0.1) is 0 Å². The largest absolute Gasteiger partial charge is 0.492 e. The number of rotatable bonds is 14.